The number of nitrogens with one attached hydrogen (secondary N) is 1. The molecule has 4 heteroatoms. The SMILES string of the molecule is CC1CCCC(C)N1NC(CN)c1ccccc1Cl. The number of hydrogen-bond acceptors (Lipinski definition) is 3. The van der Waals surface area contributed by atoms with Crippen LogP contribution in [0.5, 0.6) is 0 Å². The summed E-state index contributed by atoms with van der Waals surface area (Å²) in [5.74, 6) is 0. The summed E-state index contributed by atoms with van der Waals surface area (Å²) in [5.41, 5.74) is 10.6. The van der Waals surface area contributed by atoms with Crippen LogP contribution in [0.25, 0.3) is 0 Å². The fourth-order valence-electron chi connectivity index (χ4n) is 2.86. The van der Waals surface area contributed by atoms with E-state index < -0.39 is 0 Å². The van der Waals surface area contributed by atoms with Gasteiger partial charge in [0.05, 0.1) is 6.04 Å². The molecule has 1 aliphatic heterocycles. The van der Waals surface area contributed by atoms with Crippen LogP contribution in [0.3, 0.4) is 0 Å². The van der Waals surface area contributed by atoms with Crippen molar-refractivity contribution >= 4 is 11.6 Å². The number of halogens is 1. The first-order valence-corrected chi connectivity index (χ1v) is 7.50. The van der Waals surface area contributed by atoms with Gasteiger partial charge >= 0.3 is 0 Å². The predicted molar refractivity (Wildman–Crippen MR) is 81.0 cm³/mol. The number of hydrogen-bond donors (Lipinski definition) is 2. The third-order valence-electron chi connectivity index (χ3n) is 4.01. The van der Waals surface area contributed by atoms with Gasteiger partial charge in [-0.15, -0.1) is 0 Å². The Morgan fingerprint density at radius 2 is 1.95 bits per heavy atom. The van der Waals surface area contributed by atoms with Crippen molar-refractivity contribution < 1.29 is 0 Å². The smallest absolute Gasteiger partial charge is 0.0601 e. The highest BCUT2D eigenvalue weighted by Crippen LogP contribution is 2.26. The Kier molecular flexibility index (Phi) is 5.22. The number of nitrogens with zero attached hydrogens (tertiary/aromatic N) is 1. The molecule has 0 aromatic heterocycles. The molecule has 0 bridgehead atoms. The van der Waals surface area contributed by atoms with Crippen molar-refractivity contribution in [1.82, 2.24) is 10.4 Å². The Bertz CT molecular complexity index is 400. The van der Waals surface area contributed by atoms with Gasteiger partial charge in [0.15, 0.2) is 0 Å². The van der Waals surface area contributed by atoms with Gasteiger partial charge in [0.1, 0.15) is 0 Å². The molecule has 1 heterocycles. The number of rotatable bonds is 4. The molecule has 3 nitrogen and oxygen atoms in total. The van der Waals surface area contributed by atoms with Crippen LogP contribution >= 0.6 is 11.6 Å². The Hall–Kier alpha value is -0.610. The van der Waals surface area contributed by atoms with Crippen molar-refractivity contribution in [2.24, 2.45) is 5.73 Å². The molecule has 0 radical (unpaired) electrons. The van der Waals surface area contributed by atoms with E-state index in [1.54, 1.807) is 0 Å². The summed E-state index contributed by atoms with van der Waals surface area (Å²) in [6, 6.07) is 9.09. The van der Waals surface area contributed by atoms with E-state index in [9.17, 15) is 0 Å². The zero-order chi connectivity index (χ0) is 13.8. The molecule has 1 aliphatic rings. The summed E-state index contributed by atoms with van der Waals surface area (Å²) in [5, 5.41) is 3.13. The maximum atomic E-state index is 6.27. The van der Waals surface area contributed by atoms with Crippen LogP contribution in [-0.4, -0.2) is 23.6 Å². The minimum absolute atomic E-state index is 0.0803. The van der Waals surface area contributed by atoms with Gasteiger partial charge in [-0.25, -0.2) is 10.4 Å². The molecular formula is C15H24ClN3. The second-order valence-electron chi connectivity index (χ2n) is 5.48. The van der Waals surface area contributed by atoms with Crippen LogP contribution in [0.4, 0.5) is 0 Å². The molecule has 3 N–H and O–H groups in total. The Morgan fingerprint density at radius 1 is 1.32 bits per heavy atom. The predicted octanol–water partition coefficient (Wildman–Crippen LogP) is 3.11. The third kappa shape index (κ3) is 3.48. The van der Waals surface area contributed by atoms with Gasteiger partial charge in [-0.05, 0) is 38.3 Å². The average molecular weight is 282 g/mol. The fourth-order valence-corrected chi connectivity index (χ4v) is 3.13. The fraction of sp³-hybridized carbons (Fsp3) is 0.600. The molecule has 2 rings (SSSR count). The summed E-state index contributed by atoms with van der Waals surface area (Å²) in [6.07, 6.45) is 3.77. The highest BCUT2D eigenvalue weighted by atomic mass is 35.5. The zero-order valence-electron chi connectivity index (χ0n) is 11.8. The van der Waals surface area contributed by atoms with Crippen molar-refractivity contribution in [3.05, 3.63) is 34.9 Å². The molecule has 106 valence electrons. The second-order valence-corrected chi connectivity index (χ2v) is 5.88. The maximum absolute atomic E-state index is 6.27. The molecule has 1 aromatic carbocycles. The second kappa shape index (κ2) is 6.71. The van der Waals surface area contributed by atoms with Crippen molar-refractivity contribution in [3.63, 3.8) is 0 Å². The number of benzene rings is 1. The van der Waals surface area contributed by atoms with Gasteiger partial charge in [-0.1, -0.05) is 36.2 Å². The lowest BCUT2D eigenvalue weighted by Gasteiger charge is -2.41. The molecule has 0 saturated carbocycles. The highest BCUT2D eigenvalue weighted by molar-refractivity contribution is 6.31. The summed E-state index contributed by atoms with van der Waals surface area (Å²) in [4.78, 5) is 0. The third-order valence-corrected chi connectivity index (χ3v) is 4.36. The zero-order valence-corrected chi connectivity index (χ0v) is 12.5. The molecule has 1 aromatic rings. The van der Waals surface area contributed by atoms with Gasteiger partial charge in [0.2, 0.25) is 0 Å². The minimum Gasteiger partial charge on any atom is -0.329 e. The summed E-state index contributed by atoms with van der Waals surface area (Å²) in [7, 11) is 0. The Balaban J connectivity index is 2.12. The molecule has 0 amide bonds. The quantitative estimate of drug-likeness (QED) is 0.891. The molecule has 1 fully saturated rings. The van der Waals surface area contributed by atoms with E-state index >= 15 is 0 Å². The van der Waals surface area contributed by atoms with E-state index in [-0.39, 0.29) is 6.04 Å². The first-order chi connectivity index (χ1) is 9.13. The number of nitrogens with two attached hydrogens (primary N) is 1. The van der Waals surface area contributed by atoms with Crippen molar-refractivity contribution in [2.45, 2.75) is 51.2 Å². The highest BCUT2D eigenvalue weighted by Gasteiger charge is 2.27. The first-order valence-electron chi connectivity index (χ1n) is 7.12. The van der Waals surface area contributed by atoms with Gasteiger partial charge in [0, 0.05) is 23.7 Å². The standard InChI is InChI=1S/C15H24ClN3/c1-11-6-5-7-12(2)19(11)18-15(10-17)13-8-3-4-9-14(13)16/h3-4,8-9,11-12,15,18H,5-7,10,17H2,1-2H3. The molecule has 3 unspecified atom stereocenters. The van der Waals surface area contributed by atoms with Crippen LogP contribution in [0.2, 0.25) is 5.02 Å². The van der Waals surface area contributed by atoms with Gasteiger partial charge in [-0.2, -0.15) is 0 Å². The summed E-state index contributed by atoms with van der Waals surface area (Å²) in [6.45, 7) is 5.07. The van der Waals surface area contributed by atoms with Crippen LogP contribution in [0, 0.1) is 0 Å². The topological polar surface area (TPSA) is 41.3 Å². The normalized spacial score (nSPS) is 26.3. The minimum atomic E-state index is 0.0803. The molecule has 19 heavy (non-hydrogen) atoms. The van der Waals surface area contributed by atoms with Crippen LogP contribution in [0.15, 0.2) is 24.3 Å². The van der Waals surface area contributed by atoms with E-state index in [4.69, 9.17) is 17.3 Å². The van der Waals surface area contributed by atoms with Crippen LogP contribution in [-0.2, 0) is 0 Å². The molecular weight excluding hydrogens is 258 g/mol. The van der Waals surface area contributed by atoms with Gasteiger partial charge < -0.3 is 5.73 Å². The molecule has 3 atom stereocenters. The van der Waals surface area contributed by atoms with Crippen molar-refractivity contribution in [3.8, 4) is 0 Å². The van der Waals surface area contributed by atoms with Crippen LogP contribution in [0.1, 0.15) is 44.7 Å². The van der Waals surface area contributed by atoms with E-state index in [1.165, 1.54) is 19.3 Å². The lowest BCUT2D eigenvalue weighted by atomic mass is 9.99. The van der Waals surface area contributed by atoms with E-state index in [1.807, 2.05) is 24.3 Å². The first kappa shape index (κ1) is 14.8. The number of piperidine rings is 1. The van der Waals surface area contributed by atoms with Gasteiger partial charge in [0.25, 0.3) is 0 Å². The Labute approximate surface area is 121 Å². The van der Waals surface area contributed by atoms with E-state index in [0.717, 1.165) is 10.6 Å². The Morgan fingerprint density at radius 3 is 2.53 bits per heavy atom. The maximum Gasteiger partial charge on any atom is 0.0601 e. The summed E-state index contributed by atoms with van der Waals surface area (Å²) < 4.78 is 0. The molecule has 0 aliphatic carbocycles. The lowest BCUT2D eigenvalue weighted by molar-refractivity contribution is 0.0304. The average Bonchev–Trinajstić information content (AvgIpc) is 2.40. The lowest BCUT2D eigenvalue weighted by Crippen LogP contribution is -2.54. The van der Waals surface area contributed by atoms with Crippen molar-refractivity contribution in [1.29, 1.82) is 0 Å². The summed E-state index contributed by atoms with van der Waals surface area (Å²) >= 11 is 6.27. The van der Waals surface area contributed by atoms with Crippen LogP contribution < -0.4 is 11.2 Å². The number of hydrazine groups is 1. The monoisotopic (exact) mass is 281 g/mol. The van der Waals surface area contributed by atoms with E-state index in [2.05, 4.69) is 24.3 Å². The van der Waals surface area contributed by atoms with E-state index in [0.29, 0.717) is 18.6 Å². The largest absolute Gasteiger partial charge is 0.329 e. The van der Waals surface area contributed by atoms with Crippen molar-refractivity contribution in [2.75, 3.05) is 6.54 Å². The molecule has 0 spiro atoms. The van der Waals surface area contributed by atoms with Gasteiger partial charge in [-0.3, -0.25) is 0 Å². The molecule has 1 saturated heterocycles.